The van der Waals surface area contributed by atoms with E-state index in [0.29, 0.717) is 22.6 Å². The standard InChI is InChI=1S/C13H17N5O3/c1-3-16(4-2)12(19)17-13(20)18(15-14-17)21-10-11-8-6-5-7-9-11/h5-9H,3-4,10H2,1-2H3. The molecule has 0 aliphatic rings. The van der Waals surface area contributed by atoms with Crippen molar-refractivity contribution in [1.29, 1.82) is 0 Å². The van der Waals surface area contributed by atoms with Crippen molar-refractivity contribution in [2.24, 2.45) is 0 Å². The number of carbonyl (C=O) groups is 1. The second-order valence-corrected chi connectivity index (χ2v) is 4.26. The van der Waals surface area contributed by atoms with Crippen molar-refractivity contribution in [1.82, 2.24) is 24.9 Å². The normalized spacial score (nSPS) is 10.4. The second kappa shape index (κ2) is 6.69. The van der Waals surface area contributed by atoms with Crippen LogP contribution in [0.4, 0.5) is 4.79 Å². The summed E-state index contributed by atoms with van der Waals surface area (Å²) >= 11 is 0. The average Bonchev–Trinajstić information content (AvgIpc) is 2.88. The van der Waals surface area contributed by atoms with Gasteiger partial charge in [-0.2, -0.15) is 0 Å². The fourth-order valence-electron chi connectivity index (χ4n) is 1.77. The zero-order valence-corrected chi connectivity index (χ0v) is 12.0. The van der Waals surface area contributed by atoms with Gasteiger partial charge in [0.05, 0.1) is 0 Å². The molecule has 0 aliphatic carbocycles. The molecular formula is C13H17N5O3. The van der Waals surface area contributed by atoms with E-state index in [0.717, 1.165) is 5.56 Å². The lowest BCUT2D eigenvalue weighted by Gasteiger charge is -2.16. The minimum absolute atomic E-state index is 0.166. The van der Waals surface area contributed by atoms with E-state index in [1.807, 2.05) is 44.2 Å². The molecular weight excluding hydrogens is 274 g/mol. The van der Waals surface area contributed by atoms with Crippen molar-refractivity contribution >= 4 is 6.03 Å². The van der Waals surface area contributed by atoms with Gasteiger partial charge >= 0.3 is 11.7 Å². The largest absolute Gasteiger partial charge is 0.406 e. The third-order valence-electron chi connectivity index (χ3n) is 2.97. The SMILES string of the molecule is CCN(CC)C(=O)n1nnn(OCc2ccccc2)c1=O. The van der Waals surface area contributed by atoms with E-state index in [1.165, 1.54) is 4.90 Å². The molecule has 1 amide bonds. The Morgan fingerprint density at radius 3 is 2.48 bits per heavy atom. The summed E-state index contributed by atoms with van der Waals surface area (Å²) < 4.78 is 0.692. The Hall–Kier alpha value is -2.64. The first-order valence-electron chi connectivity index (χ1n) is 6.68. The summed E-state index contributed by atoms with van der Waals surface area (Å²) in [4.78, 5) is 31.5. The van der Waals surface area contributed by atoms with Crippen LogP contribution in [-0.2, 0) is 6.61 Å². The van der Waals surface area contributed by atoms with Gasteiger partial charge in [0.2, 0.25) is 0 Å². The average molecular weight is 291 g/mol. The van der Waals surface area contributed by atoms with Gasteiger partial charge in [-0.25, -0.2) is 9.59 Å². The topological polar surface area (TPSA) is 82.2 Å². The fourth-order valence-corrected chi connectivity index (χ4v) is 1.77. The van der Waals surface area contributed by atoms with E-state index >= 15 is 0 Å². The maximum Gasteiger partial charge on any atom is 0.406 e. The zero-order chi connectivity index (χ0) is 15.2. The molecule has 21 heavy (non-hydrogen) atoms. The molecule has 0 N–H and O–H groups in total. The molecule has 8 heteroatoms. The molecule has 2 rings (SSSR count). The predicted octanol–water partition coefficient (Wildman–Crippen LogP) is 0.378. The number of carbonyl (C=O) groups excluding carboxylic acids is 1. The second-order valence-electron chi connectivity index (χ2n) is 4.26. The van der Waals surface area contributed by atoms with Crippen LogP contribution in [0.25, 0.3) is 0 Å². The molecule has 0 atom stereocenters. The number of hydrogen-bond donors (Lipinski definition) is 0. The molecule has 0 spiro atoms. The molecule has 0 unspecified atom stereocenters. The maximum absolute atomic E-state index is 12.0. The van der Waals surface area contributed by atoms with Crippen LogP contribution in [-0.4, -0.2) is 44.0 Å². The summed E-state index contributed by atoms with van der Waals surface area (Å²) in [5.74, 6) is 0. The lowest BCUT2D eigenvalue weighted by Crippen LogP contribution is -2.41. The molecule has 1 heterocycles. The zero-order valence-electron chi connectivity index (χ0n) is 12.0. The Labute approximate surface area is 121 Å². The molecule has 1 aromatic heterocycles. The quantitative estimate of drug-likeness (QED) is 0.744. The van der Waals surface area contributed by atoms with E-state index < -0.39 is 11.7 Å². The third-order valence-corrected chi connectivity index (χ3v) is 2.97. The maximum atomic E-state index is 12.0. The summed E-state index contributed by atoms with van der Waals surface area (Å²) in [5.41, 5.74) is 0.164. The van der Waals surface area contributed by atoms with Crippen LogP contribution in [0.5, 0.6) is 0 Å². The lowest BCUT2D eigenvalue weighted by atomic mass is 10.2. The molecule has 8 nitrogen and oxygen atoms in total. The van der Waals surface area contributed by atoms with Crippen molar-refractivity contribution in [2.45, 2.75) is 20.5 Å². The highest BCUT2D eigenvalue weighted by Gasteiger charge is 2.19. The monoisotopic (exact) mass is 291 g/mol. The lowest BCUT2D eigenvalue weighted by molar-refractivity contribution is 0.0587. The number of amides is 1. The number of aromatic nitrogens is 4. The van der Waals surface area contributed by atoms with E-state index in [-0.39, 0.29) is 6.61 Å². The van der Waals surface area contributed by atoms with Crippen LogP contribution < -0.4 is 10.5 Å². The third kappa shape index (κ3) is 3.28. The van der Waals surface area contributed by atoms with Gasteiger partial charge in [0, 0.05) is 13.1 Å². The van der Waals surface area contributed by atoms with Crippen molar-refractivity contribution < 1.29 is 9.63 Å². The Kier molecular flexibility index (Phi) is 4.70. The van der Waals surface area contributed by atoms with Crippen molar-refractivity contribution in [3.8, 4) is 0 Å². The summed E-state index contributed by atoms with van der Waals surface area (Å²) in [6.45, 7) is 4.78. The minimum Gasteiger partial charge on any atom is -0.386 e. The molecule has 1 aromatic carbocycles. The Bertz CT molecular complexity index is 645. The molecule has 112 valence electrons. The summed E-state index contributed by atoms with van der Waals surface area (Å²) in [7, 11) is 0. The van der Waals surface area contributed by atoms with E-state index in [1.54, 1.807) is 0 Å². The van der Waals surface area contributed by atoms with Gasteiger partial charge in [-0.05, 0) is 34.7 Å². The van der Waals surface area contributed by atoms with Gasteiger partial charge in [-0.3, -0.25) is 0 Å². The number of rotatable bonds is 5. The number of tetrazole rings is 1. The predicted molar refractivity (Wildman–Crippen MR) is 74.7 cm³/mol. The number of nitrogens with zero attached hydrogens (tertiary/aromatic N) is 5. The first-order valence-corrected chi connectivity index (χ1v) is 6.68. The van der Waals surface area contributed by atoms with Crippen LogP contribution in [0.2, 0.25) is 0 Å². The number of benzene rings is 1. The molecule has 0 aliphatic heterocycles. The first-order chi connectivity index (χ1) is 10.2. The smallest absolute Gasteiger partial charge is 0.386 e. The summed E-state index contributed by atoms with van der Waals surface area (Å²) in [6.07, 6.45) is 0. The van der Waals surface area contributed by atoms with Crippen LogP contribution >= 0.6 is 0 Å². The van der Waals surface area contributed by atoms with Gasteiger partial charge in [0.15, 0.2) is 0 Å². The summed E-state index contributed by atoms with van der Waals surface area (Å²) in [5, 5.41) is 7.10. The molecule has 2 aromatic rings. The molecule has 0 saturated carbocycles. The fraction of sp³-hybridized carbons (Fsp3) is 0.385. The van der Waals surface area contributed by atoms with Gasteiger partial charge in [-0.1, -0.05) is 30.3 Å². The van der Waals surface area contributed by atoms with Gasteiger partial charge in [0.25, 0.3) is 0 Å². The molecule has 0 radical (unpaired) electrons. The van der Waals surface area contributed by atoms with Crippen LogP contribution in [0.3, 0.4) is 0 Å². The minimum atomic E-state index is -0.720. The van der Waals surface area contributed by atoms with Crippen LogP contribution in [0.15, 0.2) is 35.1 Å². The Morgan fingerprint density at radius 2 is 1.86 bits per heavy atom. The van der Waals surface area contributed by atoms with Crippen LogP contribution in [0, 0.1) is 0 Å². The van der Waals surface area contributed by atoms with E-state index in [4.69, 9.17) is 4.84 Å². The van der Waals surface area contributed by atoms with Gasteiger partial charge in [-0.15, -0.1) is 4.68 Å². The highest BCUT2D eigenvalue weighted by Crippen LogP contribution is 1.97. The van der Waals surface area contributed by atoms with Crippen molar-refractivity contribution in [3.05, 3.63) is 46.4 Å². The molecule has 0 bridgehead atoms. The number of hydrogen-bond acceptors (Lipinski definition) is 5. The van der Waals surface area contributed by atoms with E-state index in [9.17, 15) is 9.59 Å². The van der Waals surface area contributed by atoms with Gasteiger partial charge in [0.1, 0.15) is 6.61 Å². The first kappa shape index (κ1) is 14.8. The highest BCUT2D eigenvalue weighted by molar-refractivity contribution is 5.75. The Balaban J connectivity index is 2.10. The summed E-state index contributed by atoms with van der Waals surface area (Å²) in [6, 6.07) is 8.81. The van der Waals surface area contributed by atoms with Gasteiger partial charge < -0.3 is 9.74 Å². The van der Waals surface area contributed by atoms with Crippen molar-refractivity contribution in [3.63, 3.8) is 0 Å². The molecule has 0 saturated heterocycles. The Morgan fingerprint density at radius 1 is 1.19 bits per heavy atom. The van der Waals surface area contributed by atoms with E-state index in [2.05, 4.69) is 10.4 Å². The highest BCUT2D eigenvalue weighted by atomic mass is 16.7. The van der Waals surface area contributed by atoms with Crippen LogP contribution in [0.1, 0.15) is 19.4 Å². The molecule has 0 fully saturated rings. The van der Waals surface area contributed by atoms with Crippen molar-refractivity contribution in [2.75, 3.05) is 13.1 Å².